The third-order valence-electron chi connectivity index (χ3n) is 4.03. The molecule has 0 radical (unpaired) electrons. The smallest absolute Gasteiger partial charge is 0.335 e. The lowest BCUT2D eigenvalue weighted by atomic mass is 10.0. The molecule has 2 unspecified atom stereocenters. The number of anilines is 1. The van der Waals surface area contributed by atoms with E-state index in [1.807, 2.05) is 0 Å². The zero-order valence-electron chi connectivity index (χ0n) is 10.2. The van der Waals surface area contributed by atoms with Gasteiger partial charge in [0.25, 0.3) is 0 Å². The van der Waals surface area contributed by atoms with Crippen LogP contribution in [-0.4, -0.2) is 17.0 Å². The molecule has 3 rings (SSSR count). The number of benzene rings is 1. The van der Waals surface area contributed by atoms with Gasteiger partial charge in [0, 0.05) is 16.1 Å². The topological polar surface area (TPSA) is 66.4 Å². The number of nitrogens with one attached hydrogen (secondary N) is 1. The number of aromatic carboxylic acids is 1. The van der Waals surface area contributed by atoms with Crippen molar-refractivity contribution in [3.8, 4) is 0 Å². The van der Waals surface area contributed by atoms with Crippen LogP contribution in [0, 0.1) is 17.8 Å². The number of carboxylic acid groups (broad SMARTS) is 1. The lowest BCUT2D eigenvalue weighted by Gasteiger charge is -2.13. The van der Waals surface area contributed by atoms with Gasteiger partial charge in [0.2, 0.25) is 5.91 Å². The summed E-state index contributed by atoms with van der Waals surface area (Å²) in [6, 6.07) is 4.73. The molecule has 0 heterocycles. The van der Waals surface area contributed by atoms with E-state index in [1.165, 1.54) is 18.6 Å². The molecule has 100 valence electrons. The molecule has 1 amide bonds. The van der Waals surface area contributed by atoms with Gasteiger partial charge in [0.15, 0.2) is 0 Å². The van der Waals surface area contributed by atoms with Gasteiger partial charge in [-0.25, -0.2) is 4.79 Å². The molecule has 1 aromatic carbocycles. The zero-order valence-corrected chi connectivity index (χ0v) is 11.8. The van der Waals surface area contributed by atoms with Crippen molar-refractivity contribution in [3.63, 3.8) is 0 Å². The van der Waals surface area contributed by atoms with Gasteiger partial charge < -0.3 is 10.4 Å². The Morgan fingerprint density at radius 1 is 1.16 bits per heavy atom. The molecule has 0 spiro atoms. The summed E-state index contributed by atoms with van der Waals surface area (Å²) >= 11 is 3.26. The first-order valence-corrected chi connectivity index (χ1v) is 7.17. The minimum Gasteiger partial charge on any atom is -0.478 e. The van der Waals surface area contributed by atoms with Gasteiger partial charge in [0.05, 0.1) is 5.56 Å². The number of rotatable bonds is 3. The Morgan fingerprint density at radius 3 is 2.47 bits per heavy atom. The van der Waals surface area contributed by atoms with E-state index in [1.54, 1.807) is 6.07 Å². The van der Waals surface area contributed by atoms with Crippen molar-refractivity contribution >= 4 is 33.5 Å². The van der Waals surface area contributed by atoms with Crippen LogP contribution in [0.25, 0.3) is 0 Å². The predicted molar refractivity (Wildman–Crippen MR) is 74.1 cm³/mol. The normalized spacial score (nSPS) is 27.7. The first-order chi connectivity index (χ1) is 9.02. The first-order valence-electron chi connectivity index (χ1n) is 6.37. The predicted octanol–water partition coefficient (Wildman–Crippen LogP) is 3.13. The lowest BCUT2D eigenvalue weighted by Crippen LogP contribution is -2.21. The average molecular weight is 324 g/mol. The molecule has 2 N–H and O–H groups in total. The molecule has 2 atom stereocenters. The minimum atomic E-state index is -1.00. The molecule has 4 nitrogen and oxygen atoms in total. The molecule has 0 aliphatic heterocycles. The summed E-state index contributed by atoms with van der Waals surface area (Å²) in [5.41, 5.74) is 0.705. The molecule has 2 aliphatic carbocycles. The summed E-state index contributed by atoms with van der Waals surface area (Å²) in [6.45, 7) is 0. The fraction of sp³-hybridized carbons (Fsp3) is 0.429. The highest BCUT2D eigenvalue weighted by Gasteiger charge is 2.47. The summed E-state index contributed by atoms with van der Waals surface area (Å²) in [4.78, 5) is 23.1. The van der Waals surface area contributed by atoms with E-state index in [0.29, 0.717) is 10.2 Å². The maximum Gasteiger partial charge on any atom is 0.335 e. The highest BCUT2D eigenvalue weighted by molar-refractivity contribution is 9.10. The second kappa shape index (κ2) is 4.63. The van der Waals surface area contributed by atoms with Crippen molar-refractivity contribution in [1.82, 2.24) is 0 Å². The van der Waals surface area contributed by atoms with Gasteiger partial charge in [-0.05, 0) is 49.3 Å². The highest BCUT2D eigenvalue weighted by atomic mass is 79.9. The Balaban J connectivity index is 1.71. The third-order valence-corrected chi connectivity index (χ3v) is 4.48. The molecule has 19 heavy (non-hydrogen) atoms. The van der Waals surface area contributed by atoms with Crippen LogP contribution < -0.4 is 5.32 Å². The minimum absolute atomic E-state index is 0.0154. The van der Waals surface area contributed by atoms with Crippen molar-refractivity contribution in [2.75, 3.05) is 5.32 Å². The second-order valence-electron chi connectivity index (χ2n) is 5.45. The van der Waals surface area contributed by atoms with Gasteiger partial charge in [-0.1, -0.05) is 15.9 Å². The van der Waals surface area contributed by atoms with E-state index in [2.05, 4.69) is 21.2 Å². The monoisotopic (exact) mass is 323 g/mol. The average Bonchev–Trinajstić information content (AvgIpc) is 2.95. The summed E-state index contributed by atoms with van der Waals surface area (Å²) in [5.74, 6) is 0.622. The summed E-state index contributed by atoms with van der Waals surface area (Å²) in [5, 5.41) is 11.8. The van der Waals surface area contributed by atoms with Gasteiger partial charge >= 0.3 is 5.97 Å². The number of carboxylic acids is 1. The van der Waals surface area contributed by atoms with Crippen molar-refractivity contribution in [2.45, 2.75) is 19.3 Å². The fourth-order valence-corrected chi connectivity index (χ4v) is 3.45. The van der Waals surface area contributed by atoms with E-state index in [9.17, 15) is 9.59 Å². The Labute approximate surface area is 119 Å². The standard InChI is InChI=1S/C14H14BrNO3/c15-11-4-10(14(18)19)5-12(6-11)16-13(17)9-2-7-1-8(7)3-9/h4-9H,1-3H2,(H,16,17)(H,18,19). The van der Waals surface area contributed by atoms with Crippen molar-refractivity contribution in [1.29, 1.82) is 0 Å². The summed E-state index contributed by atoms with van der Waals surface area (Å²) in [7, 11) is 0. The third kappa shape index (κ3) is 2.66. The highest BCUT2D eigenvalue weighted by Crippen LogP contribution is 2.54. The maximum absolute atomic E-state index is 12.1. The molecule has 2 saturated carbocycles. The lowest BCUT2D eigenvalue weighted by molar-refractivity contribution is -0.120. The molecule has 5 heteroatoms. The van der Waals surface area contributed by atoms with Crippen molar-refractivity contribution < 1.29 is 14.7 Å². The van der Waals surface area contributed by atoms with Crippen LogP contribution in [0.2, 0.25) is 0 Å². The number of amides is 1. The van der Waals surface area contributed by atoms with E-state index < -0.39 is 5.97 Å². The van der Waals surface area contributed by atoms with Gasteiger partial charge in [0.1, 0.15) is 0 Å². The number of halogens is 1. The maximum atomic E-state index is 12.1. The quantitative estimate of drug-likeness (QED) is 0.898. The largest absolute Gasteiger partial charge is 0.478 e. The number of hydrogen-bond acceptors (Lipinski definition) is 2. The summed E-state index contributed by atoms with van der Waals surface area (Å²) < 4.78 is 0.650. The number of fused-ring (bicyclic) bond motifs is 1. The summed E-state index contributed by atoms with van der Waals surface area (Å²) in [6.07, 6.45) is 3.25. The Hall–Kier alpha value is -1.36. The molecular weight excluding hydrogens is 310 g/mol. The Bertz CT molecular complexity index is 548. The van der Waals surface area contributed by atoms with Crippen LogP contribution in [0.4, 0.5) is 5.69 Å². The molecular formula is C14H14BrNO3. The Kier molecular flexibility index (Phi) is 3.09. The van der Waals surface area contributed by atoms with Crippen LogP contribution in [-0.2, 0) is 4.79 Å². The van der Waals surface area contributed by atoms with Crippen LogP contribution >= 0.6 is 15.9 Å². The van der Waals surface area contributed by atoms with Crippen LogP contribution in [0.15, 0.2) is 22.7 Å². The number of carbonyl (C=O) groups is 2. The van der Waals surface area contributed by atoms with E-state index in [-0.39, 0.29) is 17.4 Å². The molecule has 1 aromatic rings. The van der Waals surface area contributed by atoms with Crippen molar-refractivity contribution in [2.24, 2.45) is 17.8 Å². The van der Waals surface area contributed by atoms with Gasteiger partial charge in [-0.3, -0.25) is 4.79 Å². The number of hydrogen-bond donors (Lipinski definition) is 2. The van der Waals surface area contributed by atoms with Crippen LogP contribution in [0.3, 0.4) is 0 Å². The van der Waals surface area contributed by atoms with Gasteiger partial charge in [-0.15, -0.1) is 0 Å². The zero-order chi connectivity index (χ0) is 13.6. The molecule has 0 bridgehead atoms. The van der Waals surface area contributed by atoms with E-state index in [0.717, 1.165) is 24.7 Å². The van der Waals surface area contributed by atoms with Crippen molar-refractivity contribution in [3.05, 3.63) is 28.2 Å². The van der Waals surface area contributed by atoms with Crippen LogP contribution in [0.5, 0.6) is 0 Å². The van der Waals surface area contributed by atoms with E-state index in [4.69, 9.17) is 5.11 Å². The molecule has 0 aromatic heterocycles. The van der Waals surface area contributed by atoms with E-state index >= 15 is 0 Å². The second-order valence-corrected chi connectivity index (χ2v) is 6.36. The fourth-order valence-electron chi connectivity index (χ4n) is 2.96. The Morgan fingerprint density at radius 2 is 1.84 bits per heavy atom. The van der Waals surface area contributed by atoms with Crippen LogP contribution in [0.1, 0.15) is 29.6 Å². The number of carbonyl (C=O) groups excluding carboxylic acids is 1. The molecule has 2 fully saturated rings. The SMILES string of the molecule is O=C(O)c1cc(Br)cc(NC(=O)C2CC3CC3C2)c1. The molecule has 0 saturated heterocycles. The van der Waals surface area contributed by atoms with Gasteiger partial charge in [-0.2, -0.15) is 0 Å². The molecule has 2 aliphatic rings. The first kappa shape index (κ1) is 12.7.